The second-order valence-corrected chi connectivity index (χ2v) is 11.4. The summed E-state index contributed by atoms with van der Waals surface area (Å²) in [5.74, 6) is 0.133. The molecule has 1 aliphatic heterocycles. The largest absolute Gasteiger partial charge is 0.446 e. The van der Waals surface area contributed by atoms with Gasteiger partial charge in [-0.25, -0.2) is 4.79 Å². The molecule has 2 aliphatic carbocycles. The van der Waals surface area contributed by atoms with Crippen LogP contribution in [0.2, 0.25) is 0 Å². The fourth-order valence-corrected chi connectivity index (χ4v) is 6.21. The van der Waals surface area contributed by atoms with Gasteiger partial charge in [0.1, 0.15) is 12.1 Å². The number of rotatable bonds is 6. The average molecular weight is 451 g/mol. The molecular formula is C22H30N2O6S. The normalized spacial score (nSPS) is 33.5. The number of ether oxygens (including phenoxy) is 1. The van der Waals surface area contributed by atoms with Crippen molar-refractivity contribution in [3.8, 4) is 0 Å². The van der Waals surface area contributed by atoms with Gasteiger partial charge in [-0.05, 0) is 49.7 Å². The van der Waals surface area contributed by atoms with Crippen LogP contribution in [0, 0.1) is 23.7 Å². The molecule has 5 atom stereocenters. The number of benzene rings is 1. The molecule has 3 unspecified atom stereocenters. The van der Waals surface area contributed by atoms with E-state index in [1.807, 2.05) is 6.92 Å². The molecule has 3 aliphatic rings. The molecule has 1 aromatic carbocycles. The van der Waals surface area contributed by atoms with Crippen LogP contribution in [0.15, 0.2) is 29.2 Å². The fourth-order valence-electron chi connectivity index (χ4n) is 5.28. The van der Waals surface area contributed by atoms with Crippen LogP contribution in [0.1, 0.15) is 45.6 Å². The van der Waals surface area contributed by atoms with Gasteiger partial charge >= 0.3 is 6.09 Å². The molecule has 0 spiro atoms. The van der Waals surface area contributed by atoms with Gasteiger partial charge in [0.15, 0.2) is 0 Å². The van der Waals surface area contributed by atoms with Crippen LogP contribution in [0.25, 0.3) is 0 Å². The van der Waals surface area contributed by atoms with E-state index in [2.05, 4.69) is 31.4 Å². The number of fused-ring (bicyclic) bond motifs is 2. The van der Waals surface area contributed by atoms with Crippen LogP contribution >= 0.6 is 0 Å². The number of amides is 2. The highest BCUT2D eigenvalue weighted by molar-refractivity contribution is 7.86. The van der Waals surface area contributed by atoms with E-state index in [4.69, 9.17) is 8.92 Å². The minimum Gasteiger partial charge on any atom is -0.446 e. The van der Waals surface area contributed by atoms with E-state index in [1.54, 1.807) is 12.1 Å². The highest BCUT2D eigenvalue weighted by Gasteiger charge is 2.63. The molecule has 1 aromatic rings. The Kier molecular flexibility index (Phi) is 5.33. The molecular weight excluding hydrogens is 420 g/mol. The predicted octanol–water partition coefficient (Wildman–Crippen LogP) is 2.51. The molecule has 2 amide bonds. The Morgan fingerprint density at radius 3 is 2.45 bits per heavy atom. The zero-order valence-corrected chi connectivity index (χ0v) is 19.1. The number of alkyl carbamates (subject to hydrolysis) is 1. The number of aryl methyl sites for hydroxylation is 1. The van der Waals surface area contributed by atoms with Crippen LogP contribution in [-0.2, 0) is 23.8 Å². The van der Waals surface area contributed by atoms with Crippen LogP contribution in [0.3, 0.4) is 0 Å². The van der Waals surface area contributed by atoms with Crippen molar-refractivity contribution in [1.29, 1.82) is 0 Å². The van der Waals surface area contributed by atoms with Crippen LogP contribution < -0.4 is 10.6 Å². The smallest absolute Gasteiger partial charge is 0.408 e. The summed E-state index contributed by atoms with van der Waals surface area (Å²) in [5.41, 5.74) is 0.953. The number of β-lactam (4-membered cyclic amide) rings is 1. The van der Waals surface area contributed by atoms with E-state index < -0.39 is 34.2 Å². The molecule has 0 radical (unpaired) electrons. The van der Waals surface area contributed by atoms with E-state index in [9.17, 15) is 18.0 Å². The number of carbonyl (C=O) groups is 2. The Balaban J connectivity index is 1.32. The molecule has 4 rings (SSSR count). The van der Waals surface area contributed by atoms with Gasteiger partial charge in [-0.15, -0.1) is 0 Å². The highest BCUT2D eigenvalue weighted by Crippen LogP contribution is 2.66. The van der Waals surface area contributed by atoms with Crippen LogP contribution in [-0.4, -0.2) is 45.2 Å². The molecule has 1 heterocycles. The number of hydrogen-bond donors (Lipinski definition) is 2. The Morgan fingerprint density at radius 2 is 1.90 bits per heavy atom. The maximum absolute atomic E-state index is 12.5. The summed E-state index contributed by atoms with van der Waals surface area (Å²) in [5, 5.41) is 5.16. The Bertz CT molecular complexity index is 990. The van der Waals surface area contributed by atoms with E-state index in [0.717, 1.165) is 24.8 Å². The Morgan fingerprint density at radius 1 is 1.23 bits per heavy atom. The van der Waals surface area contributed by atoms with Crippen molar-refractivity contribution in [3.63, 3.8) is 0 Å². The molecule has 2 bridgehead atoms. The summed E-state index contributed by atoms with van der Waals surface area (Å²) in [6, 6.07) is 4.76. The van der Waals surface area contributed by atoms with Gasteiger partial charge in [0.25, 0.3) is 10.1 Å². The zero-order chi connectivity index (χ0) is 22.6. The minimum absolute atomic E-state index is 0.0415. The molecule has 2 N–H and O–H groups in total. The molecule has 170 valence electrons. The quantitative estimate of drug-likeness (QED) is 0.509. The summed E-state index contributed by atoms with van der Waals surface area (Å²) < 4.78 is 35.5. The maximum atomic E-state index is 12.5. The van der Waals surface area contributed by atoms with Crippen molar-refractivity contribution in [2.24, 2.45) is 16.7 Å². The second kappa shape index (κ2) is 7.48. The van der Waals surface area contributed by atoms with Gasteiger partial charge in [0.05, 0.1) is 17.5 Å². The van der Waals surface area contributed by atoms with Crippen molar-refractivity contribution in [3.05, 3.63) is 29.8 Å². The van der Waals surface area contributed by atoms with Gasteiger partial charge in [-0.1, -0.05) is 38.5 Å². The lowest BCUT2D eigenvalue weighted by Gasteiger charge is -2.39. The molecule has 9 heteroatoms. The first kappa shape index (κ1) is 22.1. The summed E-state index contributed by atoms with van der Waals surface area (Å²) in [6.07, 6.45) is 2.14. The number of nitrogens with one attached hydrogen (secondary N) is 2. The highest BCUT2D eigenvalue weighted by atomic mass is 32.2. The maximum Gasteiger partial charge on any atom is 0.408 e. The van der Waals surface area contributed by atoms with Crippen molar-refractivity contribution in [2.75, 3.05) is 6.61 Å². The molecule has 3 fully saturated rings. The second-order valence-electron chi connectivity index (χ2n) is 9.79. The Labute approximate surface area is 183 Å². The monoisotopic (exact) mass is 450 g/mol. The molecule has 0 aromatic heterocycles. The van der Waals surface area contributed by atoms with E-state index in [1.165, 1.54) is 12.1 Å². The van der Waals surface area contributed by atoms with Gasteiger partial charge in [-0.2, -0.15) is 8.42 Å². The van der Waals surface area contributed by atoms with E-state index in [-0.39, 0.29) is 28.4 Å². The average Bonchev–Trinajstić information content (AvgIpc) is 3.03. The summed E-state index contributed by atoms with van der Waals surface area (Å²) in [7, 11) is -3.96. The molecule has 8 nitrogen and oxygen atoms in total. The number of carbonyl (C=O) groups excluding carboxylic acids is 2. The molecule has 31 heavy (non-hydrogen) atoms. The van der Waals surface area contributed by atoms with Gasteiger partial charge in [0.2, 0.25) is 5.91 Å². The van der Waals surface area contributed by atoms with Crippen LogP contribution in [0.5, 0.6) is 0 Å². The number of hydrogen-bond acceptors (Lipinski definition) is 6. The molecule has 1 saturated heterocycles. The third kappa shape index (κ3) is 3.71. The van der Waals surface area contributed by atoms with Gasteiger partial charge in [0, 0.05) is 5.41 Å². The standard InChI is InChI=1S/C22H30N2O6S/c1-13-5-7-15(8-6-13)31(27,28)29-12-16-18(19(25)23-16)24-20(26)30-17-11-14-9-10-22(17,4)21(14,2)3/h5-8,14,16-18H,9-12H2,1-4H3,(H,23,25)(H,24,26)/t14?,16-,17?,18+,22?/m1/s1. The summed E-state index contributed by atoms with van der Waals surface area (Å²) >= 11 is 0. The molecule has 2 saturated carbocycles. The van der Waals surface area contributed by atoms with Crippen molar-refractivity contribution >= 4 is 22.1 Å². The lowest BCUT2D eigenvalue weighted by molar-refractivity contribution is -0.132. The van der Waals surface area contributed by atoms with Crippen molar-refractivity contribution < 1.29 is 26.9 Å². The topological polar surface area (TPSA) is 111 Å². The van der Waals surface area contributed by atoms with Gasteiger partial charge in [-0.3, -0.25) is 8.98 Å². The van der Waals surface area contributed by atoms with Gasteiger partial charge < -0.3 is 15.4 Å². The zero-order valence-electron chi connectivity index (χ0n) is 18.3. The summed E-state index contributed by atoms with van der Waals surface area (Å²) in [4.78, 5) is 24.5. The lowest BCUT2D eigenvalue weighted by atomic mass is 9.70. The first-order chi connectivity index (χ1) is 14.4. The SMILES string of the molecule is Cc1ccc(S(=O)(=O)OC[C@H]2NC(=O)[C@H]2NC(=O)OC2CC3CCC2(C)C3(C)C)cc1. The van der Waals surface area contributed by atoms with E-state index in [0.29, 0.717) is 5.92 Å². The fraction of sp³-hybridized carbons (Fsp3) is 0.636. The van der Waals surface area contributed by atoms with Crippen LogP contribution in [0.4, 0.5) is 4.79 Å². The van der Waals surface area contributed by atoms with Crippen molar-refractivity contribution in [2.45, 2.75) is 70.0 Å². The lowest BCUT2D eigenvalue weighted by Crippen LogP contribution is -2.70. The minimum atomic E-state index is -3.96. The third-order valence-corrected chi connectivity index (χ3v) is 9.26. The first-order valence-electron chi connectivity index (χ1n) is 10.7. The predicted molar refractivity (Wildman–Crippen MR) is 113 cm³/mol. The van der Waals surface area contributed by atoms with Crippen molar-refractivity contribution in [1.82, 2.24) is 10.6 Å². The summed E-state index contributed by atoms with van der Waals surface area (Å²) in [6.45, 7) is 8.21. The Hall–Kier alpha value is -2.13. The van der Waals surface area contributed by atoms with E-state index >= 15 is 0 Å². The first-order valence-corrected chi connectivity index (χ1v) is 12.1. The third-order valence-electron chi connectivity index (χ3n) is 7.96.